The van der Waals surface area contributed by atoms with Crippen LogP contribution in [0, 0.1) is 0 Å². The Hall–Kier alpha value is 0.320. The molecule has 0 amide bonds. The van der Waals surface area contributed by atoms with Crippen molar-refractivity contribution in [1.29, 1.82) is 0 Å². The molecule has 6 heteroatoms. The normalized spacial score (nSPS) is 17.2. The summed E-state index contributed by atoms with van der Waals surface area (Å²) in [6.07, 6.45) is 0.107. The fourth-order valence-electron chi connectivity index (χ4n) is 0.213. The predicted molar refractivity (Wildman–Crippen MR) is 31.3 cm³/mol. The Morgan fingerprint density at radius 3 is 2.78 bits per heavy atom. The minimum atomic E-state index is -2.50. The molecule has 0 aromatic heterocycles. The number of aliphatic hydroxyl groups is 1. The van der Waals surface area contributed by atoms with Crippen molar-refractivity contribution in [3.63, 3.8) is 0 Å². The van der Waals surface area contributed by atoms with Gasteiger partial charge in [-0.25, -0.2) is 4.21 Å². The van der Waals surface area contributed by atoms with E-state index in [1.807, 2.05) is 0 Å². The Labute approximate surface area is 60.3 Å². The van der Waals surface area contributed by atoms with Crippen molar-refractivity contribution in [2.24, 2.45) is 0 Å². The second-order valence-corrected chi connectivity index (χ2v) is 2.40. The highest BCUT2D eigenvalue weighted by atomic mass is 35.5. The van der Waals surface area contributed by atoms with Crippen LogP contribution in [0.1, 0.15) is 6.42 Å². The molecule has 0 aromatic rings. The number of hydrogen-bond acceptors (Lipinski definition) is 4. The second kappa shape index (κ2) is 5.13. The van der Waals surface area contributed by atoms with E-state index >= 15 is 0 Å². The third-order valence-electron chi connectivity index (χ3n) is 0.536. The van der Waals surface area contributed by atoms with Crippen LogP contribution >= 0.6 is 11.6 Å². The van der Waals surface area contributed by atoms with Crippen LogP contribution in [-0.2, 0) is 15.5 Å². The third kappa shape index (κ3) is 8.32. The molecule has 9 heavy (non-hydrogen) atoms. The van der Waals surface area contributed by atoms with E-state index in [0.29, 0.717) is 0 Å². The highest BCUT2D eigenvalue weighted by Crippen LogP contribution is 1.96. The van der Waals surface area contributed by atoms with Gasteiger partial charge < -0.3 is 13.8 Å². The lowest BCUT2D eigenvalue weighted by atomic mass is 10.5. The van der Waals surface area contributed by atoms with Crippen molar-refractivity contribution in [1.82, 2.24) is 0 Å². The van der Waals surface area contributed by atoms with E-state index in [2.05, 4.69) is 4.18 Å². The van der Waals surface area contributed by atoms with Gasteiger partial charge >= 0.3 is 0 Å². The fourth-order valence-corrected chi connectivity index (χ4v) is 0.535. The van der Waals surface area contributed by atoms with Crippen molar-refractivity contribution in [2.45, 2.75) is 12.0 Å². The first-order chi connectivity index (χ1) is 4.13. The van der Waals surface area contributed by atoms with E-state index in [9.17, 15) is 8.76 Å². The average molecular weight is 174 g/mol. The molecular formula is C3H6ClO4S-. The molecule has 0 spiro atoms. The largest absolute Gasteiger partial charge is 0.750 e. The van der Waals surface area contributed by atoms with Crippen LogP contribution in [0.2, 0.25) is 0 Å². The molecule has 1 N–H and O–H groups in total. The lowest BCUT2D eigenvalue weighted by Crippen LogP contribution is -2.04. The van der Waals surface area contributed by atoms with E-state index in [1.165, 1.54) is 0 Å². The van der Waals surface area contributed by atoms with E-state index in [1.54, 1.807) is 0 Å². The minimum Gasteiger partial charge on any atom is -0.750 e. The van der Waals surface area contributed by atoms with E-state index in [0.717, 1.165) is 0 Å². The SMILES string of the molecule is O=S([O-])OCCC(O)Cl. The summed E-state index contributed by atoms with van der Waals surface area (Å²) >= 11 is 2.53. The number of aliphatic hydroxyl groups excluding tert-OH is 1. The van der Waals surface area contributed by atoms with Crippen LogP contribution in [0.4, 0.5) is 0 Å². The zero-order valence-corrected chi connectivity index (χ0v) is 6.02. The molecule has 0 bridgehead atoms. The molecule has 0 aromatic carbocycles. The summed E-state index contributed by atoms with van der Waals surface area (Å²) < 4.78 is 23.3. The van der Waals surface area contributed by atoms with Crippen molar-refractivity contribution >= 4 is 23.0 Å². The van der Waals surface area contributed by atoms with Gasteiger partial charge in [-0.1, -0.05) is 11.6 Å². The number of halogens is 1. The fraction of sp³-hybridized carbons (Fsp3) is 1.00. The van der Waals surface area contributed by atoms with Crippen LogP contribution < -0.4 is 0 Å². The Kier molecular flexibility index (Phi) is 5.31. The first-order valence-corrected chi connectivity index (χ1v) is 3.61. The lowest BCUT2D eigenvalue weighted by Gasteiger charge is -2.04. The zero-order chi connectivity index (χ0) is 7.28. The van der Waals surface area contributed by atoms with Gasteiger partial charge in [0.2, 0.25) is 0 Å². The highest BCUT2D eigenvalue weighted by Gasteiger charge is 1.96. The molecule has 0 rings (SSSR count). The van der Waals surface area contributed by atoms with E-state index < -0.39 is 16.9 Å². The van der Waals surface area contributed by atoms with Crippen molar-refractivity contribution in [2.75, 3.05) is 6.61 Å². The maximum atomic E-state index is 9.63. The Balaban J connectivity index is 3.01. The van der Waals surface area contributed by atoms with E-state index in [4.69, 9.17) is 16.7 Å². The van der Waals surface area contributed by atoms with Gasteiger partial charge in [0.25, 0.3) is 0 Å². The first kappa shape index (κ1) is 9.32. The van der Waals surface area contributed by atoms with Gasteiger partial charge in [0.05, 0.1) is 18.0 Å². The summed E-state index contributed by atoms with van der Waals surface area (Å²) in [5.41, 5.74) is -1.03. The van der Waals surface area contributed by atoms with Crippen molar-refractivity contribution in [3.8, 4) is 0 Å². The number of rotatable bonds is 4. The summed E-state index contributed by atoms with van der Waals surface area (Å²) in [4.78, 5) is 0. The van der Waals surface area contributed by atoms with Gasteiger partial charge in [-0.05, 0) is 0 Å². The molecule has 0 heterocycles. The van der Waals surface area contributed by atoms with Crippen LogP contribution in [-0.4, -0.2) is 26.0 Å². The van der Waals surface area contributed by atoms with Crippen molar-refractivity contribution in [3.05, 3.63) is 0 Å². The molecule has 0 saturated carbocycles. The molecule has 2 atom stereocenters. The quantitative estimate of drug-likeness (QED) is 0.470. The monoisotopic (exact) mass is 173 g/mol. The van der Waals surface area contributed by atoms with Gasteiger partial charge in [0, 0.05) is 6.42 Å². The zero-order valence-electron chi connectivity index (χ0n) is 4.45. The minimum absolute atomic E-state index is 0.0826. The molecule has 56 valence electrons. The smallest absolute Gasteiger partial charge is 0.130 e. The van der Waals surface area contributed by atoms with E-state index in [-0.39, 0.29) is 13.0 Å². The molecule has 0 fully saturated rings. The molecule has 0 aliphatic rings. The number of hydrogen-bond donors (Lipinski definition) is 1. The van der Waals surface area contributed by atoms with Crippen LogP contribution in [0.25, 0.3) is 0 Å². The molecule has 2 unspecified atom stereocenters. The standard InChI is InChI=1S/C3H7ClO4S/c4-3(5)1-2-8-9(6)7/h3,5H,1-2H2,(H,6,7)/p-1. The van der Waals surface area contributed by atoms with Gasteiger partial charge in [-0.15, -0.1) is 0 Å². The molecule has 0 aliphatic carbocycles. The topological polar surface area (TPSA) is 69.6 Å². The van der Waals surface area contributed by atoms with Gasteiger partial charge in [0.15, 0.2) is 0 Å². The Morgan fingerprint density at radius 2 is 2.44 bits per heavy atom. The molecule has 0 saturated heterocycles. The third-order valence-corrected chi connectivity index (χ3v) is 1.11. The lowest BCUT2D eigenvalue weighted by molar-refractivity contribution is 0.203. The maximum absolute atomic E-state index is 9.63. The second-order valence-electron chi connectivity index (χ2n) is 1.25. The molecule has 0 radical (unpaired) electrons. The van der Waals surface area contributed by atoms with Crippen LogP contribution in [0.5, 0.6) is 0 Å². The van der Waals surface area contributed by atoms with Crippen LogP contribution in [0.3, 0.4) is 0 Å². The maximum Gasteiger partial charge on any atom is 0.130 e. The molecule has 4 nitrogen and oxygen atoms in total. The molecular weight excluding hydrogens is 168 g/mol. The van der Waals surface area contributed by atoms with Gasteiger partial charge in [0.1, 0.15) is 5.56 Å². The van der Waals surface area contributed by atoms with Gasteiger partial charge in [-0.3, -0.25) is 0 Å². The Bertz CT molecular complexity index is 95.8. The van der Waals surface area contributed by atoms with Crippen LogP contribution in [0.15, 0.2) is 0 Å². The summed E-state index contributed by atoms with van der Waals surface area (Å²) in [5, 5.41) is 8.35. The summed E-state index contributed by atoms with van der Waals surface area (Å²) in [5.74, 6) is 0. The summed E-state index contributed by atoms with van der Waals surface area (Å²) in [6.45, 7) is -0.0826. The van der Waals surface area contributed by atoms with Gasteiger partial charge in [-0.2, -0.15) is 0 Å². The summed E-state index contributed by atoms with van der Waals surface area (Å²) in [6, 6.07) is 0. The Morgan fingerprint density at radius 1 is 1.89 bits per heavy atom. The number of alkyl halides is 1. The first-order valence-electron chi connectivity index (χ1n) is 2.17. The average Bonchev–Trinajstić information content (AvgIpc) is 1.63. The highest BCUT2D eigenvalue weighted by molar-refractivity contribution is 7.74. The van der Waals surface area contributed by atoms with Crippen molar-refractivity contribution < 1.29 is 18.1 Å². The molecule has 0 aliphatic heterocycles. The summed E-state index contributed by atoms with van der Waals surface area (Å²) in [7, 11) is 0. The predicted octanol–water partition coefficient (Wildman–Crippen LogP) is -0.256.